The van der Waals surface area contributed by atoms with Gasteiger partial charge in [-0.05, 0) is 50.1 Å². The Hall–Kier alpha value is -2.49. The van der Waals surface area contributed by atoms with Crippen molar-refractivity contribution in [3.05, 3.63) is 52.6 Å². The average Bonchev–Trinajstić information content (AvgIpc) is 2.42. The molecular formula is C17H20N2O2. The highest BCUT2D eigenvalue weighted by Crippen LogP contribution is 2.29. The fraction of sp³-hybridized carbons (Fsp3) is 0.235. The number of nitrogens with two attached hydrogens (primary N) is 1. The van der Waals surface area contributed by atoms with Crippen molar-refractivity contribution in [3.8, 4) is 5.75 Å². The zero-order valence-corrected chi connectivity index (χ0v) is 12.8. The quantitative estimate of drug-likeness (QED) is 0.903. The molecule has 0 bridgehead atoms. The number of hydrogen-bond donors (Lipinski definition) is 2. The van der Waals surface area contributed by atoms with Crippen molar-refractivity contribution in [2.75, 3.05) is 12.4 Å². The normalized spacial score (nSPS) is 10.3. The van der Waals surface area contributed by atoms with Crippen LogP contribution in [0.25, 0.3) is 0 Å². The van der Waals surface area contributed by atoms with Crippen molar-refractivity contribution in [2.24, 2.45) is 5.73 Å². The van der Waals surface area contributed by atoms with E-state index in [9.17, 15) is 4.79 Å². The standard InChI is InChI=1S/C17H20N2O2/c1-10-7-11(2)16(12(3)8-10)19-15-6-5-13(21-4)9-14(15)17(18)20/h5-9,19H,1-4H3,(H2,18,20). The fourth-order valence-corrected chi connectivity index (χ4v) is 2.48. The number of aryl methyl sites for hydroxylation is 3. The lowest BCUT2D eigenvalue weighted by atomic mass is 10.0. The lowest BCUT2D eigenvalue weighted by Gasteiger charge is -2.16. The van der Waals surface area contributed by atoms with Gasteiger partial charge in [0.05, 0.1) is 18.4 Å². The molecule has 0 saturated carbocycles. The minimum absolute atomic E-state index is 0.411. The van der Waals surface area contributed by atoms with Crippen LogP contribution in [0, 0.1) is 20.8 Å². The van der Waals surface area contributed by atoms with Crippen LogP contribution in [0.1, 0.15) is 27.0 Å². The minimum Gasteiger partial charge on any atom is -0.497 e. The second-order valence-electron chi connectivity index (χ2n) is 5.17. The molecule has 0 aliphatic heterocycles. The van der Waals surface area contributed by atoms with Gasteiger partial charge in [-0.25, -0.2) is 0 Å². The Bertz CT molecular complexity index is 670. The van der Waals surface area contributed by atoms with Gasteiger partial charge in [0.15, 0.2) is 0 Å². The molecule has 2 rings (SSSR count). The van der Waals surface area contributed by atoms with E-state index in [4.69, 9.17) is 10.5 Å². The largest absolute Gasteiger partial charge is 0.497 e. The number of rotatable bonds is 4. The molecule has 0 saturated heterocycles. The van der Waals surface area contributed by atoms with E-state index in [2.05, 4.69) is 24.4 Å². The van der Waals surface area contributed by atoms with Gasteiger partial charge in [-0.2, -0.15) is 0 Å². The average molecular weight is 284 g/mol. The maximum atomic E-state index is 11.6. The fourth-order valence-electron chi connectivity index (χ4n) is 2.48. The Labute approximate surface area is 124 Å². The van der Waals surface area contributed by atoms with Crippen molar-refractivity contribution in [3.63, 3.8) is 0 Å². The van der Waals surface area contributed by atoms with Crippen LogP contribution in [-0.2, 0) is 0 Å². The number of ether oxygens (including phenoxy) is 1. The third kappa shape index (κ3) is 3.16. The van der Waals surface area contributed by atoms with Gasteiger partial charge >= 0.3 is 0 Å². The van der Waals surface area contributed by atoms with Crippen LogP contribution >= 0.6 is 0 Å². The monoisotopic (exact) mass is 284 g/mol. The second kappa shape index (κ2) is 5.87. The van der Waals surface area contributed by atoms with Gasteiger partial charge in [0.2, 0.25) is 0 Å². The zero-order chi connectivity index (χ0) is 15.6. The van der Waals surface area contributed by atoms with E-state index in [0.29, 0.717) is 17.0 Å². The van der Waals surface area contributed by atoms with E-state index in [1.165, 1.54) is 5.56 Å². The molecule has 2 aromatic carbocycles. The highest BCUT2D eigenvalue weighted by atomic mass is 16.5. The topological polar surface area (TPSA) is 64.3 Å². The molecule has 4 heteroatoms. The van der Waals surface area contributed by atoms with Gasteiger partial charge in [-0.3, -0.25) is 4.79 Å². The summed E-state index contributed by atoms with van der Waals surface area (Å²) in [5.41, 5.74) is 11.0. The number of benzene rings is 2. The van der Waals surface area contributed by atoms with Crippen molar-refractivity contribution < 1.29 is 9.53 Å². The molecule has 4 nitrogen and oxygen atoms in total. The molecule has 2 aromatic rings. The van der Waals surface area contributed by atoms with Crippen LogP contribution in [0.3, 0.4) is 0 Å². The van der Waals surface area contributed by atoms with E-state index >= 15 is 0 Å². The lowest BCUT2D eigenvalue weighted by molar-refractivity contribution is 0.100. The van der Waals surface area contributed by atoms with Crippen molar-refractivity contribution in [1.82, 2.24) is 0 Å². The number of carbonyl (C=O) groups excluding carboxylic acids is 1. The molecule has 0 radical (unpaired) electrons. The molecule has 0 fully saturated rings. The predicted molar refractivity (Wildman–Crippen MR) is 85.4 cm³/mol. The van der Waals surface area contributed by atoms with Crippen LogP contribution in [0.5, 0.6) is 5.75 Å². The van der Waals surface area contributed by atoms with Crippen LogP contribution in [0.15, 0.2) is 30.3 Å². The third-order valence-electron chi connectivity index (χ3n) is 3.43. The highest BCUT2D eigenvalue weighted by Gasteiger charge is 2.12. The highest BCUT2D eigenvalue weighted by molar-refractivity contribution is 5.99. The van der Waals surface area contributed by atoms with Gasteiger partial charge in [0.25, 0.3) is 5.91 Å². The first-order valence-corrected chi connectivity index (χ1v) is 6.75. The summed E-state index contributed by atoms with van der Waals surface area (Å²) >= 11 is 0. The number of primary amides is 1. The van der Waals surface area contributed by atoms with Gasteiger partial charge in [0, 0.05) is 5.69 Å². The molecule has 0 aliphatic carbocycles. The van der Waals surface area contributed by atoms with E-state index in [-0.39, 0.29) is 0 Å². The van der Waals surface area contributed by atoms with E-state index in [0.717, 1.165) is 16.8 Å². The number of anilines is 2. The summed E-state index contributed by atoms with van der Waals surface area (Å²) in [5, 5.41) is 3.31. The van der Waals surface area contributed by atoms with Gasteiger partial charge in [0.1, 0.15) is 5.75 Å². The van der Waals surface area contributed by atoms with Crippen LogP contribution in [-0.4, -0.2) is 13.0 Å². The maximum Gasteiger partial charge on any atom is 0.250 e. The summed E-state index contributed by atoms with van der Waals surface area (Å²) < 4.78 is 5.14. The Kier molecular flexibility index (Phi) is 4.17. The van der Waals surface area contributed by atoms with Crippen LogP contribution in [0.2, 0.25) is 0 Å². The summed E-state index contributed by atoms with van der Waals surface area (Å²) in [6.45, 7) is 6.14. The third-order valence-corrected chi connectivity index (χ3v) is 3.43. The van der Waals surface area contributed by atoms with E-state index < -0.39 is 5.91 Å². The molecule has 0 atom stereocenters. The molecule has 0 aromatic heterocycles. The van der Waals surface area contributed by atoms with E-state index in [1.54, 1.807) is 25.3 Å². The molecule has 1 amide bonds. The predicted octanol–water partition coefficient (Wildman–Crippen LogP) is 3.46. The molecule has 0 aliphatic rings. The Balaban J connectivity index is 2.47. The summed E-state index contributed by atoms with van der Waals surface area (Å²) in [4.78, 5) is 11.6. The number of hydrogen-bond acceptors (Lipinski definition) is 3. The number of amides is 1. The Morgan fingerprint density at radius 1 is 1.10 bits per heavy atom. The Morgan fingerprint density at radius 2 is 1.71 bits per heavy atom. The minimum atomic E-state index is -0.487. The Morgan fingerprint density at radius 3 is 2.24 bits per heavy atom. The van der Waals surface area contributed by atoms with Crippen molar-refractivity contribution >= 4 is 17.3 Å². The van der Waals surface area contributed by atoms with Crippen molar-refractivity contribution in [1.29, 1.82) is 0 Å². The summed E-state index contributed by atoms with van der Waals surface area (Å²) in [7, 11) is 1.56. The SMILES string of the molecule is COc1ccc(Nc2c(C)cc(C)cc2C)c(C(N)=O)c1. The van der Waals surface area contributed by atoms with Gasteiger partial charge in [-0.1, -0.05) is 17.7 Å². The first kappa shape index (κ1) is 14.9. The summed E-state index contributed by atoms with van der Waals surface area (Å²) in [6, 6.07) is 9.44. The van der Waals surface area contributed by atoms with Gasteiger partial charge in [-0.15, -0.1) is 0 Å². The molecule has 21 heavy (non-hydrogen) atoms. The van der Waals surface area contributed by atoms with Crippen LogP contribution in [0.4, 0.5) is 11.4 Å². The van der Waals surface area contributed by atoms with E-state index in [1.807, 2.05) is 13.8 Å². The van der Waals surface area contributed by atoms with Crippen LogP contribution < -0.4 is 15.8 Å². The second-order valence-corrected chi connectivity index (χ2v) is 5.17. The number of methoxy groups -OCH3 is 1. The maximum absolute atomic E-state index is 11.6. The first-order valence-electron chi connectivity index (χ1n) is 6.75. The smallest absolute Gasteiger partial charge is 0.250 e. The molecule has 3 N–H and O–H groups in total. The number of carbonyl (C=O) groups is 1. The molecular weight excluding hydrogens is 264 g/mol. The molecule has 110 valence electrons. The lowest BCUT2D eigenvalue weighted by Crippen LogP contribution is -2.14. The van der Waals surface area contributed by atoms with Crippen molar-refractivity contribution in [2.45, 2.75) is 20.8 Å². The summed E-state index contributed by atoms with van der Waals surface area (Å²) in [5.74, 6) is 0.116. The summed E-state index contributed by atoms with van der Waals surface area (Å²) in [6.07, 6.45) is 0. The molecule has 0 heterocycles. The molecule has 0 unspecified atom stereocenters. The molecule has 0 spiro atoms. The number of nitrogens with one attached hydrogen (secondary N) is 1. The first-order chi connectivity index (χ1) is 9.92. The zero-order valence-electron chi connectivity index (χ0n) is 12.8. The van der Waals surface area contributed by atoms with Gasteiger partial charge < -0.3 is 15.8 Å².